The van der Waals surface area contributed by atoms with Gasteiger partial charge in [-0.25, -0.2) is 0 Å². The van der Waals surface area contributed by atoms with Gasteiger partial charge in [0.1, 0.15) is 5.54 Å². The first kappa shape index (κ1) is 18.4. The summed E-state index contributed by atoms with van der Waals surface area (Å²) in [5, 5.41) is 3.32. The number of carbonyl (C=O) groups is 1. The first-order chi connectivity index (χ1) is 9.87. The number of ether oxygens (including phenoxy) is 2. The van der Waals surface area contributed by atoms with E-state index in [1.54, 1.807) is 0 Å². The molecule has 124 valence electrons. The summed E-state index contributed by atoms with van der Waals surface area (Å²) < 4.78 is 10.9. The van der Waals surface area contributed by atoms with Gasteiger partial charge in [0.05, 0.1) is 13.2 Å². The van der Waals surface area contributed by atoms with E-state index < -0.39 is 5.54 Å². The molecule has 0 saturated heterocycles. The van der Waals surface area contributed by atoms with Gasteiger partial charge in [-0.3, -0.25) is 10.1 Å². The molecule has 0 aromatic heterocycles. The van der Waals surface area contributed by atoms with Crippen LogP contribution in [0.4, 0.5) is 0 Å². The van der Waals surface area contributed by atoms with E-state index in [1.165, 1.54) is 32.8 Å². The third kappa shape index (κ3) is 6.35. The number of methoxy groups -OCH3 is 1. The Morgan fingerprint density at radius 2 is 2.10 bits per heavy atom. The average molecular weight is 299 g/mol. The van der Waals surface area contributed by atoms with Crippen molar-refractivity contribution in [2.75, 3.05) is 13.7 Å². The number of rotatable bonds is 8. The van der Waals surface area contributed by atoms with E-state index in [4.69, 9.17) is 9.47 Å². The lowest BCUT2D eigenvalue weighted by molar-refractivity contribution is -0.148. The Hall–Kier alpha value is -0.610. The first-order valence-corrected chi connectivity index (χ1v) is 8.35. The van der Waals surface area contributed by atoms with Crippen molar-refractivity contribution in [1.29, 1.82) is 0 Å². The Kier molecular flexibility index (Phi) is 7.67. The van der Waals surface area contributed by atoms with Crippen LogP contribution in [0.3, 0.4) is 0 Å². The Labute approximate surface area is 130 Å². The Balaban J connectivity index is 2.34. The Morgan fingerprint density at radius 1 is 1.38 bits per heavy atom. The highest BCUT2D eigenvalue weighted by atomic mass is 16.5. The minimum Gasteiger partial charge on any atom is -0.468 e. The fourth-order valence-electron chi connectivity index (χ4n) is 3.30. The van der Waals surface area contributed by atoms with Crippen molar-refractivity contribution in [2.45, 2.75) is 83.9 Å². The number of carbonyl (C=O) groups excluding carboxylic acids is 1. The molecule has 1 saturated carbocycles. The molecule has 0 aromatic rings. The lowest BCUT2D eigenvalue weighted by Crippen LogP contribution is -2.53. The molecule has 0 spiro atoms. The van der Waals surface area contributed by atoms with Gasteiger partial charge in [0.25, 0.3) is 0 Å². The van der Waals surface area contributed by atoms with Crippen molar-refractivity contribution < 1.29 is 14.3 Å². The van der Waals surface area contributed by atoms with Crippen molar-refractivity contribution in [3.8, 4) is 0 Å². The number of hydrogen-bond donors (Lipinski definition) is 1. The van der Waals surface area contributed by atoms with Crippen LogP contribution < -0.4 is 5.32 Å². The summed E-state index contributed by atoms with van der Waals surface area (Å²) in [4.78, 5) is 12.0. The molecule has 4 heteroatoms. The molecule has 1 aliphatic carbocycles. The average Bonchev–Trinajstić information content (AvgIpc) is 2.42. The van der Waals surface area contributed by atoms with Crippen LogP contribution in [0.2, 0.25) is 0 Å². The third-order valence-electron chi connectivity index (χ3n) is 4.31. The molecule has 0 aliphatic heterocycles. The highest BCUT2D eigenvalue weighted by molar-refractivity contribution is 5.80. The van der Waals surface area contributed by atoms with E-state index in [0.717, 1.165) is 25.4 Å². The molecule has 21 heavy (non-hydrogen) atoms. The largest absolute Gasteiger partial charge is 0.468 e. The highest BCUT2D eigenvalue weighted by Gasteiger charge is 2.34. The van der Waals surface area contributed by atoms with Crippen LogP contribution in [0.1, 0.15) is 66.2 Å². The smallest absolute Gasteiger partial charge is 0.325 e. The quantitative estimate of drug-likeness (QED) is 0.552. The maximum Gasteiger partial charge on any atom is 0.325 e. The summed E-state index contributed by atoms with van der Waals surface area (Å²) in [5.74, 6) is 0.592. The maximum absolute atomic E-state index is 12.0. The van der Waals surface area contributed by atoms with Crippen molar-refractivity contribution in [3.63, 3.8) is 0 Å². The fourth-order valence-corrected chi connectivity index (χ4v) is 3.30. The maximum atomic E-state index is 12.0. The summed E-state index contributed by atoms with van der Waals surface area (Å²) in [7, 11) is 1.45. The second-order valence-corrected chi connectivity index (χ2v) is 6.99. The van der Waals surface area contributed by atoms with Gasteiger partial charge >= 0.3 is 5.97 Å². The molecule has 3 atom stereocenters. The van der Waals surface area contributed by atoms with Crippen molar-refractivity contribution in [2.24, 2.45) is 5.92 Å². The van der Waals surface area contributed by atoms with Gasteiger partial charge in [-0.1, -0.05) is 19.8 Å². The zero-order valence-electron chi connectivity index (χ0n) is 14.4. The second-order valence-electron chi connectivity index (χ2n) is 6.99. The monoisotopic (exact) mass is 299 g/mol. The van der Waals surface area contributed by atoms with Gasteiger partial charge < -0.3 is 9.47 Å². The lowest BCUT2D eigenvalue weighted by atomic mass is 9.88. The Bertz CT molecular complexity index is 319. The standard InChI is InChI=1S/C17H33NO3/c1-13(2)18-17(4,16(19)20-5)10-7-11-21-15-9-6-8-14(3)12-15/h13-15,18H,6-12H2,1-5H3. The summed E-state index contributed by atoms with van der Waals surface area (Å²) >= 11 is 0. The molecule has 1 N–H and O–H groups in total. The van der Waals surface area contributed by atoms with Crippen LogP contribution in [-0.4, -0.2) is 37.4 Å². The number of nitrogens with one attached hydrogen (secondary N) is 1. The van der Waals surface area contributed by atoms with Crippen LogP contribution in [-0.2, 0) is 14.3 Å². The number of esters is 1. The molecule has 1 aliphatic rings. The molecule has 0 radical (unpaired) electrons. The van der Waals surface area contributed by atoms with Crippen molar-refractivity contribution in [3.05, 3.63) is 0 Å². The van der Waals surface area contributed by atoms with Gasteiger partial charge in [0.2, 0.25) is 0 Å². The van der Waals surface area contributed by atoms with Crippen LogP contribution in [0, 0.1) is 5.92 Å². The van der Waals surface area contributed by atoms with Crippen LogP contribution in [0.15, 0.2) is 0 Å². The van der Waals surface area contributed by atoms with E-state index in [2.05, 4.69) is 12.2 Å². The molecule has 0 amide bonds. The summed E-state index contributed by atoms with van der Waals surface area (Å²) in [6, 6.07) is 0.245. The molecule has 0 bridgehead atoms. The van der Waals surface area contributed by atoms with Crippen molar-refractivity contribution >= 4 is 5.97 Å². The zero-order valence-corrected chi connectivity index (χ0v) is 14.4. The van der Waals surface area contributed by atoms with Gasteiger partial charge in [-0.15, -0.1) is 0 Å². The fraction of sp³-hybridized carbons (Fsp3) is 0.941. The molecule has 1 fully saturated rings. The molecule has 1 rings (SSSR count). The van der Waals surface area contributed by atoms with Gasteiger partial charge in [0, 0.05) is 12.6 Å². The van der Waals surface area contributed by atoms with E-state index >= 15 is 0 Å². The van der Waals surface area contributed by atoms with E-state index in [9.17, 15) is 4.79 Å². The zero-order chi connectivity index (χ0) is 15.9. The van der Waals surface area contributed by atoms with Gasteiger partial charge in [-0.05, 0) is 52.4 Å². The van der Waals surface area contributed by atoms with Gasteiger partial charge in [0.15, 0.2) is 0 Å². The normalized spacial score (nSPS) is 25.6. The predicted octanol–water partition coefficient (Wildman–Crippen LogP) is 3.29. The van der Waals surface area contributed by atoms with Gasteiger partial charge in [-0.2, -0.15) is 0 Å². The second kappa shape index (κ2) is 8.74. The summed E-state index contributed by atoms with van der Waals surface area (Å²) in [6.45, 7) is 9.03. The van der Waals surface area contributed by atoms with Crippen LogP contribution in [0.5, 0.6) is 0 Å². The first-order valence-electron chi connectivity index (χ1n) is 8.35. The molecule has 0 aromatic carbocycles. The van der Waals surface area contributed by atoms with Crippen LogP contribution >= 0.6 is 0 Å². The highest BCUT2D eigenvalue weighted by Crippen LogP contribution is 2.26. The van der Waals surface area contributed by atoms with E-state index in [-0.39, 0.29) is 12.0 Å². The Morgan fingerprint density at radius 3 is 2.67 bits per heavy atom. The summed E-state index contributed by atoms with van der Waals surface area (Å²) in [5.41, 5.74) is -0.619. The third-order valence-corrected chi connectivity index (χ3v) is 4.31. The minimum absolute atomic E-state index is 0.192. The molecule has 4 nitrogen and oxygen atoms in total. The minimum atomic E-state index is -0.619. The lowest BCUT2D eigenvalue weighted by Gasteiger charge is -2.31. The van der Waals surface area contributed by atoms with Crippen LogP contribution in [0.25, 0.3) is 0 Å². The predicted molar refractivity (Wildman–Crippen MR) is 85.3 cm³/mol. The van der Waals surface area contributed by atoms with E-state index in [0.29, 0.717) is 6.10 Å². The van der Waals surface area contributed by atoms with Crippen molar-refractivity contribution in [1.82, 2.24) is 5.32 Å². The molecular weight excluding hydrogens is 266 g/mol. The topological polar surface area (TPSA) is 47.6 Å². The number of hydrogen-bond acceptors (Lipinski definition) is 4. The molecular formula is C17H33NO3. The van der Waals surface area contributed by atoms with E-state index in [1.807, 2.05) is 20.8 Å². The molecule has 0 heterocycles. The molecule has 3 unspecified atom stereocenters. The SMILES string of the molecule is COC(=O)C(C)(CCCOC1CCCC(C)C1)NC(C)C. The summed E-state index contributed by atoms with van der Waals surface area (Å²) in [6.07, 6.45) is 6.99.